The van der Waals surface area contributed by atoms with Gasteiger partial charge in [0.25, 0.3) is 0 Å². The molecule has 0 bridgehead atoms. The summed E-state index contributed by atoms with van der Waals surface area (Å²) in [6, 6.07) is 1.12. The van der Waals surface area contributed by atoms with Gasteiger partial charge in [-0.25, -0.2) is 0 Å². The summed E-state index contributed by atoms with van der Waals surface area (Å²) in [4.78, 5) is 0. The normalized spacial score (nSPS) is 14.8. The molecule has 0 aromatic heterocycles. The van der Waals surface area contributed by atoms with Crippen molar-refractivity contribution in [2.75, 3.05) is 0 Å². The number of hydrogen-bond donors (Lipinski definition) is 0. The molecule has 0 saturated carbocycles. The Morgan fingerprint density at radius 2 is 1.50 bits per heavy atom. The third-order valence-electron chi connectivity index (χ3n) is 1.88. The lowest BCUT2D eigenvalue weighted by Gasteiger charge is -2.31. The Labute approximate surface area is 107 Å². The van der Waals surface area contributed by atoms with Gasteiger partial charge in [0.05, 0.1) is 0 Å². The van der Waals surface area contributed by atoms with Crippen LogP contribution in [0.2, 0.25) is 45.3 Å². The van der Waals surface area contributed by atoms with Crippen molar-refractivity contribution in [2.45, 2.75) is 58.7 Å². The quantitative estimate of drug-likeness (QED) is 0.644. The van der Waals surface area contributed by atoms with Crippen LogP contribution in [0.15, 0.2) is 0 Å². The summed E-state index contributed by atoms with van der Waals surface area (Å²) in [5, 5.41) is 0. The van der Waals surface area contributed by atoms with Gasteiger partial charge in [-0.05, 0) is 45.3 Å². The summed E-state index contributed by atoms with van der Waals surface area (Å²) in [6.07, 6.45) is 1.15. The van der Waals surface area contributed by atoms with Gasteiger partial charge in [-0.15, -0.1) is 0 Å². The minimum Gasteiger partial charge on any atom is -0.441 e. The van der Waals surface area contributed by atoms with Gasteiger partial charge in [0.1, 0.15) is 0 Å². The zero-order chi connectivity index (χ0) is 12.8. The Morgan fingerprint density at radius 1 is 0.938 bits per heavy atom. The second-order valence-electron chi connectivity index (χ2n) is 5.09. The van der Waals surface area contributed by atoms with E-state index in [4.69, 9.17) is 12.3 Å². The maximum Gasteiger partial charge on any atom is 0.312 e. The van der Waals surface area contributed by atoms with Crippen LogP contribution in [-0.4, -0.2) is 35.9 Å². The molecular formula is C9H28O3Si4. The predicted molar refractivity (Wildman–Crippen MR) is 80.7 cm³/mol. The standard InChI is InChI=1S/C9H28O3Si4/c1-8-9-15(10-13(2)3)12-16(6,7)11-14(4)5/h13-15H,8-9H2,1-7H3. The lowest BCUT2D eigenvalue weighted by atomic mass is 10.6. The summed E-state index contributed by atoms with van der Waals surface area (Å²) < 4.78 is 18.3. The molecule has 7 heteroatoms. The van der Waals surface area contributed by atoms with Crippen molar-refractivity contribution >= 4 is 35.9 Å². The van der Waals surface area contributed by atoms with Crippen molar-refractivity contribution in [2.24, 2.45) is 0 Å². The molecule has 0 aromatic carbocycles. The zero-order valence-electron chi connectivity index (χ0n) is 11.9. The monoisotopic (exact) mass is 296 g/mol. The Bertz CT molecular complexity index is 188. The van der Waals surface area contributed by atoms with Gasteiger partial charge in [-0.1, -0.05) is 13.3 Å². The maximum atomic E-state index is 6.20. The summed E-state index contributed by atoms with van der Waals surface area (Å²) in [5.74, 6) is 0. The molecule has 98 valence electrons. The van der Waals surface area contributed by atoms with E-state index in [1.165, 1.54) is 0 Å². The molecule has 0 aliphatic carbocycles. The van der Waals surface area contributed by atoms with Crippen LogP contribution in [0.3, 0.4) is 0 Å². The Hall–Kier alpha value is 0.748. The molecule has 0 aliphatic rings. The first kappa shape index (κ1) is 16.7. The van der Waals surface area contributed by atoms with Crippen LogP contribution in [0.5, 0.6) is 0 Å². The fourth-order valence-electron chi connectivity index (χ4n) is 1.61. The van der Waals surface area contributed by atoms with E-state index in [0.717, 1.165) is 12.5 Å². The average molecular weight is 297 g/mol. The molecule has 0 saturated heterocycles. The number of rotatable bonds is 8. The fourth-order valence-corrected chi connectivity index (χ4v) is 14.0. The molecule has 16 heavy (non-hydrogen) atoms. The molecule has 0 radical (unpaired) electrons. The molecule has 1 atom stereocenters. The average Bonchev–Trinajstić information content (AvgIpc) is 1.98. The van der Waals surface area contributed by atoms with Crippen molar-refractivity contribution in [3.05, 3.63) is 0 Å². The highest BCUT2D eigenvalue weighted by molar-refractivity contribution is 6.78. The third-order valence-corrected chi connectivity index (χ3v) is 13.8. The Kier molecular flexibility index (Phi) is 8.33. The van der Waals surface area contributed by atoms with Crippen molar-refractivity contribution < 1.29 is 12.3 Å². The van der Waals surface area contributed by atoms with Crippen LogP contribution in [0.25, 0.3) is 0 Å². The van der Waals surface area contributed by atoms with E-state index in [2.05, 4.69) is 46.2 Å². The first-order valence-corrected chi connectivity index (χ1v) is 16.4. The molecule has 0 aromatic rings. The van der Waals surface area contributed by atoms with Gasteiger partial charge in [-0.2, -0.15) is 0 Å². The van der Waals surface area contributed by atoms with Gasteiger partial charge in [0, 0.05) is 0 Å². The first-order valence-electron chi connectivity index (χ1n) is 6.28. The van der Waals surface area contributed by atoms with Crippen LogP contribution in [0.4, 0.5) is 0 Å². The third kappa shape index (κ3) is 8.85. The van der Waals surface area contributed by atoms with Gasteiger partial charge >= 0.3 is 17.8 Å². The molecule has 0 aliphatic heterocycles. The largest absolute Gasteiger partial charge is 0.441 e. The Balaban J connectivity index is 4.24. The molecule has 3 nitrogen and oxygen atoms in total. The molecule has 1 unspecified atom stereocenters. The molecule has 0 amide bonds. The first-order chi connectivity index (χ1) is 7.26. The van der Waals surface area contributed by atoms with Gasteiger partial charge in [0.2, 0.25) is 0 Å². The van der Waals surface area contributed by atoms with Crippen molar-refractivity contribution in [3.63, 3.8) is 0 Å². The van der Waals surface area contributed by atoms with Crippen LogP contribution in [0.1, 0.15) is 13.3 Å². The molecular weight excluding hydrogens is 268 g/mol. The van der Waals surface area contributed by atoms with Gasteiger partial charge < -0.3 is 12.3 Å². The van der Waals surface area contributed by atoms with Crippen molar-refractivity contribution in [3.8, 4) is 0 Å². The summed E-state index contributed by atoms with van der Waals surface area (Å²) in [5.41, 5.74) is 0. The smallest absolute Gasteiger partial charge is 0.312 e. The molecule has 0 rings (SSSR count). The molecule has 0 spiro atoms. The highest BCUT2D eigenvalue weighted by Gasteiger charge is 2.30. The van der Waals surface area contributed by atoms with Gasteiger partial charge in [-0.3, -0.25) is 0 Å². The van der Waals surface area contributed by atoms with Crippen LogP contribution in [0, 0.1) is 0 Å². The summed E-state index contributed by atoms with van der Waals surface area (Å²) in [6.45, 7) is 15.3. The second-order valence-corrected chi connectivity index (χ2v) is 16.5. The second kappa shape index (κ2) is 7.96. The van der Waals surface area contributed by atoms with Crippen molar-refractivity contribution in [1.29, 1.82) is 0 Å². The predicted octanol–water partition coefficient (Wildman–Crippen LogP) is 2.34. The lowest BCUT2D eigenvalue weighted by Crippen LogP contribution is -2.45. The van der Waals surface area contributed by atoms with E-state index in [0.29, 0.717) is 0 Å². The van der Waals surface area contributed by atoms with E-state index in [1.54, 1.807) is 0 Å². The van der Waals surface area contributed by atoms with Crippen LogP contribution >= 0.6 is 0 Å². The SMILES string of the molecule is CCC[SiH](O[SiH](C)C)O[Si](C)(C)O[SiH](C)C. The summed E-state index contributed by atoms with van der Waals surface area (Å²) in [7, 11) is -5.33. The molecule has 0 heterocycles. The minimum absolute atomic E-state index is 0.970. The zero-order valence-corrected chi connectivity index (χ0v) is 16.3. The van der Waals surface area contributed by atoms with E-state index in [1.807, 2.05) is 0 Å². The van der Waals surface area contributed by atoms with Crippen LogP contribution in [-0.2, 0) is 12.3 Å². The Morgan fingerprint density at radius 3 is 1.88 bits per heavy atom. The molecule has 0 fully saturated rings. The maximum absolute atomic E-state index is 6.20. The van der Waals surface area contributed by atoms with E-state index in [-0.39, 0.29) is 0 Å². The topological polar surface area (TPSA) is 27.7 Å². The summed E-state index contributed by atoms with van der Waals surface area (Å²) >= 11 is 0. The molecule has 0 N–H and O–H groups in total. The van der Waals surface area contributed by atoms with Crippen LogP contribution < -0.4 is 0 Å². The van der Waals surface area contributed by atoms with Gasteiger partial charge in [0.15, 0.2) is 18.1 Å². The van der Waals surface area contributed by atoms with Crippen molar-refractivity contribution in [1.82, 2.24) is 0 Å². The van der Waals surface area contributed by atoms with E-state index >= 15 is 0 Å². The fraction of sp³-hybridized carbons (Fsp3) is 1.00. The highest BCUT2D eigenvalue weighted by Crippen LogP contribution is 2.14. The highest BCUT2D eigenvalue weighted by atomic mass is 28.5. The lowest BCUT2D eigenvalue weighted by molar-refractivity contribution is 0.355. The number of hydrogen-bond acceptors (Lipinski definition) is 3. The van der Waals surface area contributed by atoms with E-state index in [9.17, 15) is 0 Å². The van der Waals surface area contributed by atoms with E-state index < -0.39 is 35.9 Å². The minimum atomic E-state index is -1.91.